The molecule has 0 aliphatic heterocycles. The molecule has 5 nitrogen and oxygen atoms in total. The van der Waals surface area contributed by atoms with E-state index < -0.39 is 11.7 Å². The number of nitrogens with zero attached hydrogens (tertiary/aromatic N) is 2. The number of hydrogen-bond donors (Lipinski definition) is 1. The Balaban J connectivity index is 2.56. The Morgan fingerprint density at radius 3 is 2.58 bits per heavy atom. The molecule has 0 saturated heterocycles. The number of aromatic nitrogens is 1. The lowest BCUT2D eigenvalue weighted by Gasteiger charge is -2.15. The Morgan fingerprint density at radius 1 is 1.29 bits per heavy atom. The van der Waals surface area contributed by atoms with E-state index >= 15 is 0 Å². The second-order valence-electron chi connectivity index (χ2n) is 4.73. The fourth-order valence-corrected chi connectivity index (χ4v) is 2.16. The summed E-state index contributed by atoms with van der Waals surface area (Å²) in [5.41, 5.74) is 2.09. The molecule has 1 aromatic heterocycles. The summed E-state index contributed by atoms with van der Waals surface area (Å²) >= 11 is 0. The lowest BCUT2D eigenvalue weighted by Crippen LogP contribution is -2.16. The van der Waals surface area contributed by atoms with Crippen LogP contribution in [0.1, 0.15) is 11.1 Å². The van der Waals surface area contributed by atoms with Crippen LogP contribution in [0.5, 0.6) is 0 Å². The number of nitrogens with one attached hydrogen (secondary N) is 1. The third-order valence-corrected chi connectivity index (χ3v) is 3.18. The predicted octanol–water partition coefficient (Wildman–Crippen LogP) is 2.86. The number of pyridine rings is 1. The highest BCUT2D eigenvalue weighted by Crippen LogP contribution is 2.37. The van der Waals surface area contributed by atoms with Gasteiger partial charge in [0.15, 0.2) is 0 Å². The summed E-state index contributed by atoms with van der Waals surface area (Å²) in [6, 6.07) is 6.85. The molecule has 0 saturated carbocycles. The van der Waals surface area contributed by atoms with Crippen molar-refractivity contribution in [1.29, 1.82) is 0 Å². The second kappa shape index (κ2) is 7.69. The molecule has 0 aliphatic carbocycles. The number of carbonyl (C=O) groups is 1. The maximum atomic E-state index is 13.5. The number of amides is 1. The van der Waals surface area contributed by atoms with Crippen LogP contribution >= 0.6 is 0 Å². The zero-order valence-corrected chi connectivity index (χ0v) is 12.7. The summed E-state index contributed by atoms with van der Waals surface area (Å²) < 4.78 is 45.3. The van der Waals surface area contributed by atoms with Gasteiger partial charge in [-0.2, -0.15) is 18.3 Å². The maximum absolute atomic E-state index is 13.5. The lowest BCUT2D eigenvalue weighted by molar-refractivity contribution is -0.137. The van der Waals surface area contributed by atoms with Crippen molar-refractivity contribution in [2.24, 2.45) is 5.10 Å². The average molecular weight is 337 g/mol. The predicted molar refractivity (Wildman–Crippen MR) is 82.3 cm³/mol. The van der Waals surface area contributed by atoms with Gasteiger partial charge in [0.1, 0.15) is 0 Å². The van der Waals surface area contributed by atoms with Crippen LogP contribution < -0.4 is 5.43 Å². The van der Waals surface area contributed by atoms with Crippen LogP contribution in [0.15, 0.2) is 47.8 Å². The first-order valence-electron chi connectivity index (χ1n) is 6.84. The normalized spacial score (nSPS) is 12.1. The number of benzene rings is 1. The molecule has 0 bridgehead atoms. The number of ether oxygens (including phenoxy) is 1. The first-order valence-corrected chi connectivity index (χ1v) is 6.84. The van der Waals surface area contributed by atoms with E-state index in [0.717, 1.165) is 6.07 Å². The summed E-state index contributed by atoms with van der Waals surface area (Å²) in [7, 11) is 1.38. The van der Waals surface area contributed by atoms with Gasteiger partial charge >= 0.3 is 6.18 Å². The van der Waals surface area contributed by atoms with Crippen LogP contribution in [-0.4, -0.2) is 30.8 Å². The van der Waals surface area contributed by atoms with Crippen LogP contribution in [0.4, 0.5) is 13.2 Å². The van der Waals surface area contributed by atoms with Gasteiger partial charge in [-0.1, -0.05) is 12.1 Å². The van der Waals surface area contributed by atoms with Gasteiger partial charge in [-0.05, 0) is 29.3 Å². The number of hydrazone groups is 1. The molecule has 0 aliphatic rings. The van der Waals surface area contributed by atoms with Gasteiger partial charge in [-0.15, -0.1) is 0 Å². The van der Waals surface area contributed by atoms with Gasteiger partial charge in [-0.3, -0.25) is 9.78 Å². The molecule has 0 fully saturated rings. The van der Waals surface area contributed by atoms with Crippen LogP contribution in [0.2, 0.25) is 0 Å². The summed E-state index contributed by atoms with van der Waals surface area (Å²) in [5, 5.41) is 3.72. The van der Waals surface area contributed by atoms with Crippen LogP contribution in [0.3, 0.4) is 0 Å². The topological polar surface area (TPSA) is 63.6 Å². The Kier molecular flexibility index (Phi) is 5.64. The Morgan fingerprint density at radius 2 is 2.00 bits per heavy atom. The second-order valence-corrected chi connectivity index (χ2v) is 4.73. The fraction of sp³-hybridized carbons (Fsp3) is 0.188. The first-order chi connectivity index (χ1) is 11.5. The van der Waals surface area contributed by atoms with Gasteiger partial charge in [0, 0.05) is 25.1 Å². The highest BCUT2D eigenvalue weighted by Gasteiger charge is 2.34. The molecule has 2 rings (SSSR count). The van der Waals surface area contributed by atoms with E-state index in [9.17, 15) is 18.0 Å². The molecule has 2 aromatic rings. The summed E-state index contributed by atoms with van der Waals surface area (Å²) in [6.07, 6.45) is -1.37. The standard InChI is InChI=1S/C16H14F3N3O2/c1-24-9-15(22-21-10-23)12-2-3-13(11-4-6-20-7-5-11)14(8-12)16(17,18)19/h2-8,10H,9H2,1H3,(H,21,23)/b22-15+. The molecule has 1 aromatic carbocycles. The van der Waals surface area contributed by atoms with E-state index in [0.29, 0.717) is 12.0 Å². The summed E-state index contributed by atoms with van der Waals surface area (Å²) in [4.78, 5) is 14.2. The molecule has 1 N–H and O–H groups in total. The average Bonchev–Trinajstić information content (AvgIpc) is 2.58. The smallest absolute Gasteiger partial charge is 0.378 e. The van der Waals surface area contributed by atoms with Crippen molar-refractivity contribution in [2.45, 2.75) is 6.18 Å². The highest BCUT2D eigenvalue weighted by molar-refractivity contribution is 6.02. The fourth-order valence-electron chi connectivity index (χ4n) is 2.16. The third kappa shape index (κ3) is 4.17. The molecule has 24 heavy (non-hydrogen) atoms. The van der Waals surface area contributed by atoms with Crippen molar-refractivity contribution in [3.05, 3.63) is 53.9 Å². The number of alkyl halides is 3. The molecule has 126 valence electrons. The van der Waals surface area contributed by atoms with Crippen LogP contribution in [0.25, 0.3) is 11.1 Å². The maximum Gasteiger partial charge on any atom is 0.417 e. The van der Waals surface area contributed by atoms with E-state index in [-0.39, 0.29) is 23.4 Å². The minimum atomic E-state index is -4.55. The van der Waals surface area contributed by atoms with Gasteiger partial charge in [-0.25, -0.2) is 5.43 Å². The van der Waals surface area contributed by atoms with Crippen molar-refractivity contribution in [3.63, 3.8) is 0 Å². The van der Waals surface area contributed by atoms with Crippen molar-refractivity contribution in [3.8, 4) is 11.1 Å². The molecule has 1 amide bonds. The summed E-state index contributed by atoms with van der Waals surface area (Å²) in [6.45, 7) is -0.0489. The molecule has 0 spiro atoms. The molecule has 1 heterocycles. The van der Waals surface area contributed by atoms with E-state index in [1.807, 2.05) is 0 Å². The van der Waals surface area contributed by atoms with E-state index in [1.165, 1.54) is 43.8 Å². The Hall–Kier alpha value is -2.74. The zero-order chi connectivity index (χ0) is 17.6. The molecule has 0 atom stereocenters. The first kappa shape index (κ1) is 17.6. The largest absolute Gasteiger partial charge is 0.417 e. The quantitative estimate of drug-likeness (QED) is 0.501. The molecule has 0 unspecified atom stereocenters. The van der Waals surface area contributed by atoms with Crippen molar-refractivity contribution in [2.75, 3.05) is 13.7 Å². The number of carbonyl (C=O) groups excluding carboxylic acids is 1. The van der Waals surface area contributed by atoms with E-state index in [1.54, 1.807) is 0 Å². The molecular formula is C16H14F3N3O2. The van der Waals surface area contributed by atoms with Gasteiger partial charge in [0.2, 0.25) is 6.41 Å². The number of hydrogen-bond acceptors (Lipinski definition) is 4. The summed E-state index contributed by atoms with van der Waals surface area (Å²) in [5.74, 6) is 0. The van der Waals surface area contributed by atoms with Crippen molar-refractivity contribution < 1.29 is 22.7 Å². The third-order valence-electron chi connectivity index (χ3n) is 3.18. The van der Waals surface area contributed by atoms with Crippen LogP contribution in [0, 0.1) is 0 Å². The van der Waals surface area contributed by atoms with Crippen molar-refractivity contribution >= 4 is 12.1 Å². The number of rotatable bonds is 6. The molecule has 0 radical (unpaired) electrons. The van der Waals surface area contributed by atoms with Crippen LogP contribution in [-0.2, 0) is 15.7 Å². The number of methoxy groups -OCH3 is 1. The number of halogens is 3. The minimum Gasteiger partial charge on any atom is -0.378 e. The van der Waals surface area contributed by atoms with Gasteiger partial charge in [0.25, 0.3) is 0 Å². The minimum absolute atomic E-state index is 0.0359. The van der Waals surface area contributed by atoms with Gasteiger partial charge in [0.05, 0.1) is 17.9 Å². The lowest BCUT2D eigenvalue weighted by atomic mass is 9.96. The van der Waals surface area contributed by atoms with Gasteiger partial charge < -0.3 is 4.74 Å². The Labute approximate surface area is 136 Å². The SMILES string of the molecule is COC/C(=N\NC=O)c1ccc(-c2ccncc2)c(C(F)(F)F)c1. The highest BCUT2D eigenvalue weighted by atomic mass is 19.4. The van der Waals surface area contributed by atoms with E-state index in [2.05, 4.69) is 15.5 Å². The molecular weight excluding hydrogens is 323 g/mol. The monoisotopic (exact) mass is 337 g/mol. The van der Waals surface area contributed by atoms with E-state index in [4.69, 9.17) is 4.74 Å². The Bertz CT molecular complexity index is 731. The van der Waals surface area contributed by atoms with Crippen molar-refractivity contribution in [1.82, 2.24) is 10.4 Å². The molecule has 8 heteroatoms. The zero-order valence-electron chi connectivity index (χ0n) is 12.7.